The number of hydrogen-bond acceptors (Lipinski definition) is 4. The largest absolute Gasteiger partial charge is 0.467 e. The van der Waals surface area contributed by atoms with Crippen LogP contribution >= 0.6 is 0 Å². The zero-order valence-electron chi connectivity index (χ0n) is 12.3. The summed E-state index contributed by atoms with van der Waals surface area (Å²) in [5, 5.41) is 3.44. The molecule has 4 heteroatoms. The average molecular weight is 273 g/mol. The van der Waals surface area contributed by atoms with Crippen LogP contribution < -0.4 is 10.2 Å². The summed E-state index contributed by atoms with van der Waals surface area (Å²) in [6, 6.07) is 8.05. The van der Waals surface area contributed by atoms with Gasteiger partial charge >= 0.3 is 0 Å². The molecular formula is C16H23N3O. The number of rotatable bonds is 8. The van der Waals surface area contributed by atoms with Crippen molar-refractivity contribution in [2.45, 2.75) is 33.4 Å². The molecule has 4 nitrogen and oxygen atoms in total. The molecule has 0 aliphatic carbocycles. The van der Waals surface area contributed by atoms with Crippen LogP contribution in [0.5, 0.6) is 0 Å². The SMILES string of the molecule is CCCNCc1cccnc1N(CC)Cc1ccco1. The van der Waals surface area contributed by atoms with Crippen molar-refractivity contribution in [3.63, 3.8) is 0 Å². The molecule has 0 spiro atoms. The van der Waals surface area contributed by atoms with Gasteiger partial charge < -0.3 is 14.6 Å². The number of aromatic nitrogens is 1. The van der Waals surface area contributed by atoms with E-state index in [0.29, 0.717) is 0 Å². The van der Waals surface area contributed by atoms with Gasteiger partial charge in [0.1, 0.15) is 11.6 Å². The van der Waals surface area contributed by atoms with Crippen molar-refractivity contribution < 1.29 is 4.42 Å². The zero-order chi connectivity index (χ0) is 14.2. The minimum absolute atomic E-state index is 0.751. The molecule has 0 saturated heterocycles. The summed E-state index contributed by atoms with van der Waals surface area (Å²) >= 11 is 0. The van der Waals surface area contributed by atoms with E-state index >= 15 is 0 Å². The number of nitrogens with one attached hydrogen (secondary N) is 1. The van der Waals surface area contributed by atoms with Gasteiger partial charge in [-0.2, -0.15) is 0 Å². The van der Waals surface area contributed by atoms with Crippen molar-refractivity contribution in [1.82, 2.24) is 10.3 Å². The Morgan fingerprint density at radius 3 is 2.85 bits per heavy atom. The molecule has 1 N–H and O–H groups in total. The first kappa shape index (κ1) is 14.6. The van der Waals surface area contributed by atoms with Crippen molar-refractivity contribution in [3.05, 3.63) is 48.0 Å². The molecule has 0 radical (unpaired) electrons. The van der Waals surface area contributed by atoms with Crippen molar-refractivity contribution in [2.24, 2.45) is 0 Å². The van der Waals surface area contributed by atoms with Crippen LogP contribution in [0.1, 0.15) is 31.6 Å². The first-order valence-corrected chi connectivity index (χ1v) is 7.27. The number of hydrogen-bond donors (Lipinski definition) is 1. The lowest BCUT2D eigenvalue weighted by Gasteiger charge is -2.23. The fourth-order valence-electron chi connectivity index (χ4n) is 2.18. The summed E-state index contributed by atoms with van der Waals surface area (Å²) in [6.45, 7) is 7.84. The number of pyridine rings is 1. The topological polar surface area (TPSA) is 41.3 Å². The quantitative estimate of drug-likeness (QED) is 0.750. The maximum atomic E-state index is 5.44. The smallest absolute Gasteiger partial charge is 0.133 e. The van der Waals surface area contributed by atoms with Crippen LogP contribution in [0.4, 0.5) is 5.82 Å². The summed E-state index contributed by atoms with van der Waals surface area (Å²) < 4.78 is 5.44. The predicted molar refractivity (Wildman–Crippen MR) is 81.7 cm³/mol. The van der Waals surface area contributed by atoms with E-state index in [1.165, 1.54) is 5.56 Å². The summed E-state index contributed by atoms with van der Waals surface area (Å²) in [6.07, 6.45) is 4.70. The van der Waals surface area contributed by atoms with Gasteiger partial charge in [-0.25, -0.2) is 4.98 Å². The summed E-state index contributed by atoms with van der Waals surface area (Å²) in [4.78, 5) is 6.79. The Kier molecular flexibility index (Phi) is 5.62. The Hall–Kier alpha value is -1.81. The zero-order valence-corrected chi connectivity index (χ0v) is 12.3. The second-order valence-electron chi connectivity index (χ2n) is 4.76. The van der Waals surface area contributed by atoms with Gasteiger partial charge in [0.25, 0.3) is 0 Å². The second kappa shape index (κ2) is 7.70. The molecule has 20 heavy (non-hydrogen) atoms. The summed E-state index contributed by atoms with van der Waals surface area (Å²) in [7, 11) is 0. The van der Waals surface area contributed by atoms with Crippen molar-refractivity contribution in [3.8, 4) is 0 Å². The van der Waals surface area contributed by atoms with Crippen LogP contribution in [-0.2, 0) is 13.1 Å². The summed E-state index contributed by atoms with van der Waals surface area (Å²) in [5.41, 5.74) is 1.23. The van der Waals surface area contributed by atoms with E-state index in [0.717, 1.165) is 44.2 Å². The Labute approximate surface area is 120 Å². The Balaban J connectivity index is 2.11. The molecule has 2 heterocycles. The van der Waals surface area contributed by atoms with E-state index < -0.39 is 0 Å². The number of anilines is 1. The molecule has 2 aromatic heterocycles. The van der Waals surface area contributed by atoms with Crippen LogP contribution in [-0.4, -0.2) is 18.1 Å². The molecule has 0 fully saturated rings. The van der Waals surface area contributed by atoms with Crippen LogP contribution in [0.2, 0.25) is 0 Å². The third-order valence-electron chi connectivity index (χ3n) is 3.22. The maximum absolute atomic E-state index is 5.44. The van der Waals surface area contributed by atoms with Gasteiger partial charge in [-0.05, 0) is 38.1 Å². The highest BCUT2D eigenvalue weighted by Gasteiger charge is 2.12. The molecule has 0 bridgehead atoms. The third kappa shape index (κ3) is 3.84. The summed E-state index contributed by atoms with van der Waals surface area (Å²) in [5.74, 6) is 2.00. The highest BCUT2D eigenvalue weighted by Crippen LogP contribution is 2.19. The molecule has 2 aromatic rings. The van der Waals surface area contributed by atoms with Gasteiger partial charge in [0.15, 0.2) is 0 Å². The molecule has 0 atom stereocenters. The lowest BCUT2D eigenvalue weighted by atomic mass is 10.2. The minimum atomic E-state index is 0.751. The molecule has 108 valence electrons. The van der Waals surface area contributed by atoms with Crippen molar-refractivity contribution in [2.75, 3.05) is 18.0 Å². The highest BCUT2D eigenvalue weighted by atomic mass is 16.3. The van der Waals surface area contributed by atoms with E-state index in [1.807, 2.05) is 24.4 Å². The molecule has 0 amide bonds. The van der Waals surface area contributed by atoms with Crippen LogP contribution in [0, 0.1) is 0 Å². The molecular weight excluding hydrogens is 250 g/mol. The Morgan fingerprint density at radius 2 is 2.15 bits per heavy atom. The van der Waals surface area contributed by atoms with Gasteiger partial charge in [0.05, 0.1) is 12.8 Å². The van der Waals surface area contributed by atoms with Crippen LogP contribution in [0.3, 0.4) is 0 Å². The van der Waals surface area contributed by atoms with E-state index in [9.17, 15) is 0 Å². The van der Waals surface area contributed by atoms with Crippen molar-refractivity contribution >= 4 is 5.82 Å². The van der Waals surface area contributed by atoms with Gasteiger partial charge in [-0.3, -0.25) is 0 Å². The van der Waals surface area contributed by atoms with Crippen LogP contribution in [0.15, 0.2) is 41.1 Å². The predicted octanol–water partition coefficient (Wildman–Crippen LogP) is 3.20. The van der Waals surface area contributed by atoms with E-state index in [4.69, 9.17) is 4.42 Å². The number of nitrogens with zero attached hydrogens (tertiary/aromatic N) is 2. The lowest BCUT2D eigenvalue weighted by molar-refractivity contribution is 0.502. The molecule has 0 aromatic carbocycles. The fraction of sp³-hybridized carbons (Fsp3) is 0.438. The molecule has 0 aliphatic heterocycles. The van der Waals surface area contributed by atoms with E-state index in [1.54, 1.807) is 6.26 Å². The standard InChI is InChI=1S/C16H23N3O/c1-3-9-17-12-14-7-5-10-18-16(14)19(4-2)13-15-8-6-11-20-15/h5-8,10-11,17H,3-4,9,12-13H2,1-2H3. The molecule has 0 unspecified atom stereocenters. The minimum Gasteiger partial charge on any atom is -0.467 e. The first-order chi connectivity index (χ1) is 9.85. The van der Waals surface area contributed by atoms with Gasteiger partial charge in [0.2, 0.25) is 0 Å². The third-order valence-corrected chi connectivity index (χ3v) is 3.22. The Morgan fingerprint density at radius 1 is 1.25 bits per heavy atom. The van der Waals surface area contributed by atoms with Gasteiger partial charge in [-0.1, -0.05) is 13.0 Å². The second-order valence-corrected chi connectivity index (χ2v) is 4.76. The van der Waals surface area contributed by atoms with Crippen LogP contribution in [0.25, 0.3) is 0 Å². The molecule has 0 aliphatic rings. The van der Waals surface area contributed by atoms with Gasteiger partial charge in [-0.15, -0.1) is 0 Å². The van der Waals surface area contributed by atoms with Crippen molar-refractivity contribution in [1.29, 1.82) is 0 Å². The Bertz CT molecular complexity index is 496. The lowest BCUT2D eigenvalue weighted by Crippen LogP contribution is -2.25. The first-order valence-electron chi connectivity index (χ1n) is 7.27. The van der Waals surface area contributed by atoms with E-state index in [2.05, 4.69) is 35.1 Å². The highest BCUT2D eigenvalue weighted by molar-refractivity contribution is 5.46. The van der Waals surface area contributed by atoms with Gasteiger partial charge in [0, 0.05) is 24.8 Å². The monoisotopic (exact) mass is 273 g/mol. The van der Waals surface area contributed by atoms with E-state index in [-0.39, 0.29) is 0 Å². The molecule has 2 rings (SSSR count). The average Bonchev–Trinajstić information content (AvgIpc) is 2.99. The number of furan rings is 1. The normalized spacial score (nSPS) is 10.7. The molecule has 0 saturated carbocycles. The fourth-order valence-corrected chi connectivity index (χ4v) is 2.18. The maximum Gasteiger partial charge on any atom is 0.133 e.